The summed E-state index contributed by atoms with van der Waals surface area (Å²) in [6.45, 7) is 0. The normalized spacial score (nSPS) is 11.6. The van der Waals surface area contributed by atoms with Gasteiger partial charge in [-0.05, 0) is 29.8 Å². The molecule has 6 nitrogen and oxygen atoms in total. The maximum absolute atomic E-state index is 12.5. The Bertz CT molecular complexity index is 863. The van der Waals surface area contributed by atoms with Gasteiger partial charge in [0.15, 0.2) is 0 Å². The molecule has 1 heterocycles. The molecule has 1 unspecified atom stereocenters. The standard InChI is InChI=1S/C20H17N3O3S/c24-19(14-27-17-11-9-16(10-12-17)23(25)26)22-20(15-6-2-1-3-7-15)18-8-4-5-13-21-18/h1-13,20H,14H2,(H,22,24). The highest BCUT2D eigenvalue weighted by Crippen LogP contribution is 2.23. The van der Waals surface area contributed by atoms with Gasteiger partial charge in [-0.3, -0.25) is 19.9 Å². The molecule has 1 atom stereocenters. The fourth-order valence-corrected chi connectivity index (χ4v) is 3.25. The van der Waals surface area contributed by atoms with E-state index in [2.05, 4.69) is 10.3 Å². The summed E-state index contributed by atoms with van der Waals surface area (Å²) in [5.41, 5.74) is 1.74. The Morgan fingerprint density at radius 3 is 2.37 bits per heavy atom. The van der Waals surface area contributed by atoms with Crippen molar-refractivity contribution >= 4 is 23.4 Å². The first-order chi connectivity index (χ1) is 13.1. The van der Waals surface area contributed by atoms with Crippen molar-refractivity contribution in [3.63, 3.8) is 0 Å². The van der Waals surface area contributed by atoms with Crippen molar-refractivity contribution in [2.75, 3.05) is 5.75 Å². The van der Waals surface area contributed by atoms with Crippen LogP contribution in [0.1, 0.15) is 17.3 Å². The predicted octanol–water partition coefficient (Wildman–Crippen LogP) is 3.99. The fraction of sp³-hybridized carbons (Fsp3) is 0.100. The number of carbonyl (C=O) groups excluding carboxylic acids is 1. The van der Waals surface area contributed by atoms with Crippen LogP contribution in [0.5, 0.6) is 0 Å². The molecule has 0 fully saturated rings. The molecule has 0 aliphatic heterocycles. The molecular weight excluding hydrogens is 362 g/mol. The van der Waals surface area contributed by atoms with Gasteiger partial charge in [0.25, 0.3) is 5.69 Å². The van der Waals surface area contributed by atoms with Gasteiger partial charge in [-0.1, -0.05) is 36.4 Å². The van der Waals surface area contributed by atoms with Crippen molar-refractivity contribution in [2.45, 2.75) is 10.9 Å². The molecule has 1 N–H and O–H groups in total. The Labute approximate surface area is 160 Å². The first kappa shape index (κ1) is 18.6. The Hall–Kier alpha value is -3.19. The summed E-state index contributed by atoms with van der Waals surface area (Å²) in [6.07, 6.45) is 1.70. The van der Waals surface area contributed by atoms with Crippen molar-refractivity contribution in [1.29, 1.82) is 0 Å². The molecule has 0 bridgehead atoms. The number of thioether (sulfide) groups is 1. The molecule has 136 valence electrons. The van der Waals surface area contributed by atoms with E-state index < -0.39 is 4.92 Å². The molecule has 0 radical (unpaired) electrons. The lowest BCUT2D eigenvalue weighted by molar-refractivity contribution is -0.384. The van der Waals surface area contributed by atoms with Crippen LogP contribution in [0.3, 0.4) is 0 Å². The van der Waals surface area contributed by atoms with Crippen LogP contribution in [0.15, 0.2) is 83.9 Å². The second-order valence-electron chi connectivity index (χ2n) is 5.71. The number of nitro groups is 1. The van der Waals surface area contributed by atoms with Crippen LogP contribution in [-0.4, -0.2) is 21.6 Å². The largest absolute Gasteiger partial charge is 0.343 e. The fourth-order valence-electron chi connectivity index (χ4n) is 2.54. The molecule has 0 saturated heterocycles. The number of nitrogens with zero attached hydrogens (tertiary/aromatic N) is 2. The van der Waals surface area contributed by atoms with Crippen molar-refractivity contribution in [2.24, 2.45) is 0 Å². The maximum atomic E-state index is 12.5. The van der Waals surface area contributed by atoms with E-state index in [9.17, 15) is 14.9 Å². The van der Waals surface area contributed by atoms with Crippen molar-refractivity contribution in [3.8, 4) is 0 Å². The van der Waals surface area contributed by atoms with E-state index in [1.165, 1.54) is 23.9 Å². The van der Waals surface area contributed by atoms with Gasteiger partial charge in [-0.25, -0.2) is 0 Å². The number of hydrogen-bond donors (Lipinski definition) is 1. The van der Waals surface area contributed by atoms with Gasteiger partial charge < -0.3 is 5.32 Å². The molecule has 0 aliphatic carbocycles. The van der Waals surface area contributed by atoms with Gasteiger partial charge in [0.1, 0.15) is 0 Å². The summed E-state index contributed by atoms with van der Waals surface area (Å²) in [5, 5.41) is 13.7. The number of nitrogens with one attached hydrogen (secondary N) is 1. The van der Waals surface area contributed by atoms with Crippen molar-refractivity contribution in [3.05, 3.63) is 100 Å². The summed E-state index contributed by atoms with van der Waals surface area (Å²) in [6, 6.07) is 21.1. The predicted molar refractivity (Wildman–Crippen MR) is 104 cm³/mol. The number of non-ortho nitro benzene ring substituents is 1. The number of benzene rings is 2. The molecule has 0 aliphatic rings. The van der Waals surface area contributed by atoms with E-state index in [-0.39, 0.29) is 23.4 Å². The van der Waals surface area contributed by atoms with E-state index in [4.69, 9.17) is 0 Å². The van der Waals surface area contributed by atoms with Crippen LogP contribution in [0.2, 0.25) is 0 Å². The summed E-state index contributed by atoms with van der Waals surface area (Å²) < 4.78 is 0. The van der Waals surface area contributed by atoms with Gasteiger partial charge in [-0.2, -0.15) is 0 Å². The molecular formula is C20H17N3O3S. The van der Waals surface area contributed by atoms with Gasteiger partial charge in [0.05, 0.1) is 22.4 Å². The molecule has 7 heteroatoms. The lowest BCUT2D eigenvalue weighted by Crippen LogP contribution is -2.31. The summed E-state index contributed by atoms with van der Waals surface area (Å²) >= 11 is 1.33. The van der Waals surface area contributed by atoms with Gasteiger partial charge in [-0.15, -0.1) is 11.8 Å². The van der Waals surface area contributed by atoms with Crippen LogP contribution in [0.25, 0.3) is 0 Å². The summed E-state index contributed by atoms with van der Waals surface area (Å²) in [5.74, 6) is 0.0615. The monoisotopic (exact) mass is 379 g/mol. The van der Waals surface area contributed by atoms with Gasteiger partial charge in [0.2, 0.25) is 5.91 Å². The number of rotatable bonds is 7. The third kappa shape index (κ3) is 5.15. The Morgan fingerprint density at radius 2 is 1.74 bits per heavy atom. The van der Waals surface area contributed by atoms with E-state index >= 15 is 0 Å². The van der Waals surface area contributed by atoms with Crippen LogP contribution >= 0.6 is 11.8 Å². The summed E-state index contributed by atoms with van der Waals surface area (Å²) in [7, 11) is 0. The zero-order valence-corrected chi connectivity index (χ0v) is 15.1. The first-order valence-corrected chi connectivity index (χ1v) is 9.24. The zero-order chi connectivity index (χ0) is 19.1. The first-order valence-electron chi connectivity index (χ1n) is 8.26. The van der Waals surface area contributed by atoms with Crippen LogP contribution < -0.4 is 5.32 Å². The van der Waals surface area contributed by atoms with E-state index in [0.29, 0.717) is 0 Å². The van der Waals surface area contributed by atoms with E-state index in [0.717, 1.165) is 16.2 Å². The third-order valence-corrected chi connectivity index (χ3v) is 4.85. The van der Waals surface area contributed by atoms with Crippen molar-refractivity contribution < 1.29 is 9.72 Å². The molecule has 1 aromatic heterocycles. The molecule has 3 aromatic rings. The lowest BCUT2D eigenvalue weighted by atomic mass is 10.0. The Morgan fingerprint density at radius 1 is 1.04 bits per heavy atom. The van der Waals surface area contributed by atoms with Gasteiger partial charge in [0, 0.05) is 23.2 Å². The highest BCUT2D eigenvalue weighted by molar-refractivity contribution is 8.00. The lowest BCUT2D eigenvalue weighted by Gasteiger charge is -2.18. The molecule has 27 heavy (non-hydrogen) atoms. The maximum Gasteiger partial charge on any atom is 0.269 e. The molecule has 0 spiro atoms. The Balaban J connectivity index is 1.67. The second kappa shape index (κ2) is 8.95. The molecule has 0 saturated carbocycles. The zero-order valence-electron chi connectivity index (χ0n) is 14.3. The smallest absolute Gasteiger partial charge is 0.269 e. The summed E-state index contributed by atoms with van der Waals surface area (Å²) in [4.78, 5) is 27.9. The van der Waals surface area contributed by atoms with Crippen LogP contribution in [0, 0.1) is 10.1 Å². The molecule has 3 rings (SSSR count). The minimum Gasteiger partial charge on any atom is -0.343 e. The highest BCUT2D eigenvalue weighted by atomic mass is 32.2. The topological polar surface area (TPSA) is 85.1 Å². The number of aromatic nitrogens is 1. The number of hydrogen-bond acceptors (Lipinski definition) is 5. The number of pyridine rings is 1. The van der Waals surface area contributed by atoms with Crippen molar-refractivity contribution in [1.82, 2.24) is 10.3 Å². The van der Waals surface area contributed by atoms with Gasteiger partial charge >= 0.3 is 0 Å². The SMILES string of the molecule is O=C(CSc1ccc([N+](=O)[O-])cc1)NC(c1ccccc1)c1ccccn1. The molecule has 1 amide bonds. The average Bonchev–Trinajstić information content (AvgIpc) is 2.72. The number of carbonyl (C=O) groups is 1. The minimum absolute atomic E-state index is 0.0306. The quantitative estimate of drug-likeness (QED) is 0.381. The minimum atomic E-state index is -0.446. The molecule has 2 aromatic carbocycles. The Kier molecular flexibility index (Phi) is 6.17. The van der Waals surface area contributed by atoms with E-state index in [1.54, 1.807) is 18.3 Å². The van der Waals surface area contributed by atoms with Crippen LogP contribution in [0.4, 0.5) is 5.69 Å². The van der Waals surface area contributed by atoms with E-state index in [1.807, 2.05) is 48.5 Å². The average molecular weight is 379 g/mol. The highest BCUT2D eigenvalue weighted by Gasteiger charge is 2.18. The second-order valence-corrected chi connectivity index (χ2v) is 6.75. The van der Waals surface area contributed by atoms with Crippen LogP contribution in [-0.2, 0) is 4.79 Å². The number of amides is 1. The third-order valence-electron chi connectivity index (χ3n) is 3.84. The number of nitro benzene ring substituents is 1.